The summed E-state index contributed by atoms with van der Waals surface area (Å²) < 4.78 is 8.14. The van der Waals surface area contributed by atoms with E-state index in [0.717, 1.165) is 54.9 Å². The molecule has 0 atom stereocenters. The average molecular weight is 407 g/mol. The number of aryl methyl sites for hydroxylation is 2. The van der Waals surface area contributed by atoms with E-state index < -0.39 is 0 Å². The smallest absolute Gasteiger partial charge is 0.191 e. The molecule has 0 saturated heterocycles. The van der Waals surface area contributed by atoms with Gasteiger partial charge < -0.3 is 19.9 Å². The van der Waals surface area contributed by atoms with Gasteiger partial charge in [0.2, 0.25) is 0 Å². The third-order valence-corrected chi connectivity index (χ3v) is 4.63. The third kappa shape index (κ3) is 6.07. The number of hydrogen-bond acceptors (Lipinski definition) is 4. The molecule has 3 rings (SSSR count). The predicted molar refractivity (Wildman–Crippen MR) is 120 cm³/mol. The van der Waals surface area contributed by atoms with Gasteiger partial charge in [0.15, 0.2) is 5.96 Å². The lowest BCUT2D eigenvalue weighted by Gasteiger charge is -2.13. The van der Waals surface area contributed by atoms with E-state index in [2.05, 4.69) is 46.2 Å². The molecule has 0 unspecified atom stereocenters. The number of nitrogens with one attached hydrogen (secondary N) is 2. The summed E-state index contributed by atoms with van der Waals surface area (Å²) >= 11 is 0. The first-order valence-corrected chi connectivity index (χ1v) is 10.4. The van der Waals surface area contributed by atoms with E-state index in [0.29, 0.717) is 6.54 Å². The minimum absolute atomic E-state index is 0.518. The summed E-state index contributed by atoms with van der Waals surface area (Å²) in [7, 11) is 0. The lowest BCUT2D eigenvalue weighted by atomic mass is 10.2. The summed E-state index contributed by atoms with van der Waals surface area (Å²) in [5, 5.41) is 14.8. The van der Waals surface area contributed by atoms with Crippen LogP contribution in [0.2, 0.25) is 0 Å². The van der Waals surface area contributed by atoms with Gasteiger partial charge >= 0.3 is 0 Å². The predicted octanol–water partition coefficient (Wildman–Crippen LogP) is 3.70. The van der Waals surface area contributed by atoms with Gasteiger partial charge in [-0.3, -0.25) is 0 Å². The number of nitrogens with zero attached hydrogens (tertiary/aromatic N) is 4. The number of aliphatic imine (C=N–C) groups is 1. The van der Waals surface area contributed by atoms with Crippen molar-refractivity contribution < 1.29 is 4.74 Å². The molecule has 1 aromatic heterocycles. The summed E-state index contributed by atoms with van der Waals surface area (Å²) in [4.78, 5) is 4.74. The molecule has 0 saturated carbocycles. The molecule has 0 radical (unpaired) electrons. The van der Waals surface area contributed by atoms with E-state index in [-0.39, 0.29) is 0 Å². The molecule has 0 aliphatic rings. The molecule has 2 aromatic carbocycles. The normalized spacial score (nSPS) is 11.4. The highest BCUT2D eigenvalue weighted by Crippen LogP contribution is 2.26. The maximum atomic E-state index is 6.09. The Bertz CT molecular complexity index is 948. The molecule has 0 amide bonds. The highest BCUT2D eigenvalue weighted by Gasteiger charge is 2.06. The molecule has 1 heterocycles. The minimum Gasteiger partial charge on any atom is -0.457 e. The zero-order valence-electron chi connectivity index (χ0n) is 17.9. The van der Waals surface area contributed by atoms with Crippen molar-refractivity contribution in [2.24, 2.45) is 4.99 Å². The Morgan fingerprint density at radius 2 is 1.87 bits per heavy atom. The number of rotatable bonds is 9. The molecule has 2 N–H and O–H groups in total. The van der Waals surface area contributed by atoms with Crippen LogP contribution in [0.15, 0.2) is 59.9 Å². The first-order chi connectivity index (χ1) is 14.7. The highest BCUT2D eigenvalue weighted by atomic mass is 16.5. The molecule has 3 aromatic rings. The summed E-state index contributed by atoms with van der Waals surface area (Å²) in [6.45, 7) is 9.03. The van der Waals surface area contributed by atoms with Gasteiger partial charge in [0.25, 0.3) is 0 Å². The molecular weight excluding hydrogens is 376 g/mol. The molecule has 7 heteroatoms. The number of para-hydroxylation sites is 1. The average Bonchev–Trinajstić information content (AvgIpc) is 3.22. The van der Waals surface area contributed by atoms with Gasteiger partial charge in [0.05, 0.1) is 6.54 Å². The largest absolute Gasteiger partial charge is 0.457 e. The quantitative estimate of drug-likeness (QED) is 0.419. The van der Waals surface area contributed by atoms with Crippen LogP contribution in [0.4, 0.5) is 0 Å². The molecule has 0 aliphatic carbocycles. The first-order valence-electron chi connectivity index (χ1n) is 10.4. The van der Waals surface area contributed by atoms with Gasteiger partial charge in [-0.15, -0.1) is 10.2 Å². The van der Waals surface area contributed by atoms with Crippen LogP contribution in [0.3, 0.4) is 0 Å². The van der Waals surface area contributed by atoms with E-state index in [1.807, 2.05) is 48.5 Å². The maximum absolute atomic E-state index is 6.09. The van der Waals surface area contributed by atoms with Crippen molar-refractivity contribution in [3.8, 4) is 11.5 Å². The minimum atomic E-state index is 0.518. The van der Waals surface area contributed by atoms with Crippen LogP contribution in [0.1, 0.15) is 30.8 Å². The number of ether oxygens (including phenoxy) is 1. The maximum Gasteiger partial charge on any atom is 0.191 e. The SMILES string of the molecule is CCNC(=NCc1ccccc1Oc1ccc(C)cc1)NCCn1cnnc1CC. The Balaban J connectivity index is 1.63. The summed E-state index contributed by atoms with van der Waals surface area (Å²) in [6.07, 6.45) is 2.63. The Hall–Kier alpha value is -3.35. The second-order valence-corrected chi connectivity index (χ2v) is 6.94. The van der Waals surface area contributed by atoms with E-state index in [4.69, 9.17) is 9.73 Å². The van der Waals surface area contributed by atoms with Crippen molar-refractivity contribution in [3.05, 3.63) is 71.8 Å². The van der Waals surface area contributed by atoms with Gasteiger partial charge in [-0.1, -0.05) is 42.8 Å². The fraction of sp³-hybridized carbons (Fsp3) is 0.348. The Labute approximate surface area is 178 Å². The van der Waals surface area contributed by atoms with Crippen molar-refractivity contribution in [2.75, 3.05) is 13.1 Å². The fourth-order valence-electron chi connectivity index (χ4n) is 3.01. The molecule has 0 bridgehead atoms. The van der Waals surface area contributed by atoms with Crippen LogP contribution in [-0.2, 0) is 19.5 Å². The van der Waals surface area contributed by atoms with E-state index in [9.17, 15) is 0 Å². The molecule has 7 nitrogen and oxygen atoms in total. The first kappa shape index (κ1) is 21.4. The van der Waals surface area contributed by atoms with Gasteiger partial charge in [-0.2, -0.15) is 0 Å². The molecule has 30 heavy (non-hydrogen) atoms. The molecule has 0 spiro atoms. The van der Waals surface area contributed by atoms with Crippen LogP contribution >= 0.6 is 0 Å². The summed E-state index contributed by atoms with van der Waals surface area (Å²) in [6, 6.07) is 16.1. The van der Waals surface area contributed by atoms with Gasteiger partial charge in [0, 0.05) is 31.6 Å². The zero-order chi connectivity index (χ0) is 21.2. The Morgan fingerprint density at radius 1 is 1.07 bits per heavy atom. The second-order valence-electron chi connectivity index (χ2n) is 6.94. The number of hydrogen-bond donors (Lipinski definition) is 2. The number of benzene rings is 2. The van der Waals surface area contributed by atoms with Crippen molar-refractivity contribution in [1.29, 1.82) is 0 Å². The molecule has 0 fully saturated rings. The lowest BCUT2D eigenvalue weighted by Crippen LogP contribution is -2.38. The van der Waals surface area contributed by atoms with Crippen molar-refractivity contribution in [1.82, 2.24) is 25.4 Å². The Morgan fingerprint density at radius 3 is 2.63 bits per heavy atom. The monoisotopic (exact) mass is 406 g/mol. The fourth-order valence-corrected chi connectivity index (χ4v) is 3.01. The number of aromatic nitrogens is 3. The van der Waals surface area contributed by atoms with Crippen molar-refractivity contribution in [3.63, 3.8) is 0 Å². The highest BCUT2D eigenvalue weighted by molar-refractivity contribution is 5.79. The summed E-state index contributed by atoms with van der Waals surface area (Å²) in [5.74, 6) is 3.40. The standard InChI is InChI=1S/C23H30N6O/c1-4-22-28-27-17-29(22)15-14-25-23(24-5-2)26-16-19-8-6-7-9-21(19)30-20-12-10-18(3)11-13-20/h6-13,17H,4-5,14-16H2,1-3H3,(H2,24,25,26). The van der Waals surface area contributed by atoms with Crippen LogP contribution < -0.4 is 15.4 Å². The van der Waals surface area contributed by atoms with E-state index >= 15 is 0 Å². The van der Waals surface area contributed by atoms with Crippen LogP contribution in [-0.4, -0.2) is 33.8 Å². The molecule has 0 aliphatic heterocycles. The second kappa shape index (κ2) is 11.0. The van der Waals surface area contributed by atoms with Crippen LogP contribution in [0, 0.1) is 6.92 Å². The van der Waals surface area contributed by atoms with Gasteiger partial charge in [-0.25, -0.2) is 4.99 Å². The van der Waals surface area contributed by atoms with Crippen LogP contribution in [0.5, 0.6) is 11.5 Å². The Kier molecular flexibility index (Phi) is 7.83. The topological polar surface area (TPSA) is 76.4 Å². The van der Waals surface area contributed by atoms with Gasteiger partial charge in [0.1, 0.15) is 23.7 Å². The molecular formula is C23H30N6O. The van der Waals surface area contributed by atoms with Crippen molar-refractivity contribution >= 4 is 5.96 Å². The van der Waals surface area contributed by atoms with Crippen LogP contribution in [0.25, 0.3) is 0 Å². The third-order valence-electron chi connectivity index (χ3n) is 4.63. The lowest BCUT2D eigenvalue weighted by molar-refractivity contribution is 0.476. The van der Waals surface area contributed by atoms with Crippen molar-refractivity contribution in [2.45, 2.75) is 40.3 Å². The van der Waals surface area contributed by atoms with Gasteiger partial charge in [-0.05, 0) is 32.0 Å². The summed E-state index contributed by atoms with van der Waals surface area (Å²) in [5.41, 5.74) is 2.24. The molecule has 158 valence electrons. The van der Waals surface area contributed by atoms with E-state index in [1.165, 1.54) is 5.56 Å². The zero-order valence-corrected chi connectivity index (χ0v) is 17.9. The number of guanidine groups is 1. The van der Waals surface area contributed by atoms with E-state index in [1.54, 1.807) is 6.33 Å².